The Morgan fingerprint density at radius 1 is 1.21 bits per heavy atom. The van der Waals surface area contributed by atoms with Gasteiger partial charge in [-0.3, -0.25) is 0 Å². The Balaban J connectivity index is 1.91. The minimum absolute atomic E-state index is 0.248. The van der Waals surface area contributed by atoms with E-state index in [0.717, 1.165) is 29.7 Å². The molecule has 3 nitrogen and oxygen atoms in total. The lowest BCUT2D eigenvalue weighted by Crippen LogP contribution is -2.24. The minimum atomic E-state index is 0.248. The van der Waals surface area contributed by atoms with Crippen molar-refractivity contribution in [3.8, 4) is 5.88 Å². The van der Waals surface area contributed by atoms with Crippen molar-refractivity contribution in [1.29, 1.82) is 0 Å². The number of nitrogens with zero attached hydrogens (tertiary/aromatic N) is 2. The number of fused-ring (bicyclic) bond motifs is 1. The molecule has 0 saturated heterocycles. The normalized spacial score (nSPS) is 23.5. The van der Waals surface area contributed by atoms with Gasteiger partial charge in [0.15, 0.2) is 0 Å². The number of aromatic nitrogens is 2. The molecule has 0 N–H and O–H groups in total. The van der Waals surface area contributed by atoms with Crippen LogP contribution < -0.4 is 4.74 Å². The Labute approximate surface area is 118 Å². The molecule has 0 spiro atoms. The maximum Gasteiger partial charge on any atom is 0.226 e. The summed E-state index contributed by atoms with van der Waals surface area (Å²) in [4.78, 5) is 8.47. The van der Waals surface area contributed by atoms with Gasteiger partial charge in [0.1, 0.15) is 6.10 Å². The Hall–Kier alpha value is -1.35. The number of rotatable bonds is 2. The van der Waals surface area contributed by atoms with Gasteiger partial charge in [-0.15, -0.1) is 0 Å². The van der Waals surface area contributed by atoms with Crippen molar-refractivity contribution >= 4 is 22.5 Å². The van der Waals surface area contributed by atoms with Crippen LogP contribution in [0.15, 0.2) is 24.3 Å². The molecule has 1 aliphatic carbocycles. The van der Waals surface area contributed by atoms with Crippen molar-refractivity contribution < 1.29 is 4.74 Å². The minimum Gasteiger partial charge on any atom is -0.474 e. The third-order valence-corrected chi connectivity index (χ3v) is 3.88. The Kier molecular flexibility index (Phi) is 3.56. The second kappa shape index (κ2) is 5.33. The zero-order chi connectivity index (χ0) is 13.2. The van der Waals surface area contributed by atoms with Crippen LogP contribution >= 0.6 is 11.6 Å². The maximum atomic E-state index is 6.08. The lowest BCUT2D eigenvalue weighted by atomic mass is 9.89. The van der Waals surface area contributed by atoms with Crippen LogP contribution in [0.2, 0.25) is 5.28 Å². The lowest BCUT2D eigenvalue weighted by molar-refractivity contribution is 0.126. The number of benzene rings is 1. The predicted octanol–water partition coefficient (Wildman–Crippen LogP) is 4.24. The molecule has 1 aromatic carbocycles. The summed E-state index contributed by atoms with van der Waals surface area (Å²) in [6.45, 7) is 2.28. The van der Waals surface area contributed by atoms with Crippen LogP contribution in [0.1, 0.15) is 32.6 Å². The number of ether oxygens (including phenoxy) is 1. The molecule has 2 unspecified atom stereocenters. The molecular formula is C15H17ClN2O. The molecule has 0 bridgehead atoms. The van der Waals surface area contributed by atoms with E-state index >= 15 is 0 Å². The Morgan fingerprint density at radius 2 is 2.05 bits per heavy atom. The largest absolute Gasteiger partial charge is 0.474 e. The topological polar surface area (TPSA) is 35.0 Å². The highest BCUT2D eigenvalue weighted by Gasteiger charge is 2.21. The first-order chi connectivity index (χ1) is 9.22. The van der Waals surface area contributed by atoms with Crippen molar-refractivity contribution in [3.63, 3.8) is 0 Å². The van der Waals surface area contributed by atoms with Crippen LogP contribution in [-0.4, -0.2) is 16.1 Å². The zero-order valence-electron chi connectivity index (χ0n) is 11.0. The first kappa shape index (κ1) is 12.7. The maximum absolute atomic E-state index is 6.08. The van der Waals surface area contributed by atoms with E-state index < -0.39 is 0 Å². The second-order valence-electron chi connectivity index (χ2n) is 5.33. The molecule has 3 rings (SSSR count). The Morgan fingerprint density at radius 3 is 2.89 bits per heavy atom. The molecular weight excluding hydrogens is 260 g/mol. The highest BCUT2D eigenvalue weighted by Crippen LogP contribution is 2.30. The van der Waals surface area contributed by atoms with E-state index in [4.69, 9.17) is 16.3 Å². The monoisotopic (exact) mass is 276 g/mol. The molecule has 0 aliphatic heterocycles. The quantitative estimate of drug-likeness (QED) is 0.770. The van der Waals surface area contributed by atoms with Gasteiger partial charge in [0, 0.05) is 0 Å². The molecule has 1 aromatic heterocycles. The van der Waals surface area contributed by atoms with Gasteiger partial charge in [-0.05, 0) is 48.9 Å². The van der Waals surface area contributed by atoms with Gasteiger partial charge >= 0.3 is 0 Å². The van der Waals surface area contributed by atoms with Crippen molar-refractivity contribution in [2.45, 2.75) is 38.7 Å². The van der Waals surface area contributed by atoms with Gasteiger partial charge in [0.25, 0.3) is 0 Å². The summed E-state index contributed by atoms with van der Waals surface area (Å²) < 4.78 is 6.08. The fourth-order valence-electron chi connectivity index (χ4n) is 2.75. The molecule has 0 amide bonds. The van der Waals surface area contributed by atoms with Crippen LogP contribution in [0, 0.1) is 5.92 Å². The van der Waals surface area contributed by atoms with Crippen molar-refractivity contribution in [2.75, 3.05) is 0 Å². The zero-order valence-corrected chi connectivity index (χ0v) is 11.7. The van der Waals surface area contributed by atoms with Crippen molar-refractivity contribution in [1.82, 2.24) is 9.97 Å². The third kappa shape index (κ3) is 2.81. The van der Waals surface area contributed by atoms with E-state index in [2.05, 4.69) is 16.9 Å². The van der Waals surface area contributed by atoms with Crippen molar-refractivity contribution in [2.24, 2.45) is 5.92 Å². The second-order valence-corrected chi connectivity index (χ2v) is 5.66. The van der Waals surface area contributed by atoms with Gasteiger partial charge in [-0.25, -0.2) is 4.98 Å². The van der Waals surface area contributed by atoms with Crippen LogP contribution in [0.25, 0.3) is 10.9 Å². The van der Waals surface area contributed by atoms with E-state index in [0.29, 0.717) is 5.88 Å². The van der Waals surface area contributed by atoms with Crippen molar-refractivity contribution in [3.05, 3.63) is 29.5 Å². The van der Waals surface area contributed by atoms with E-state index in [-0.39, 0.29) is 11.4 Å². The number of hydrogen-bond acceptors (Lipinski definition) is 3. The van der Waals surface area contributed by atoms with Crippen LogP contribution in [0.4, 0.5) is 0 Å². The number of para-hydroxylation sites is 1. The number of halogens is 1. The van der Waals surface area contributed by atoms with Gasteiger partial charge in [0.05, 0.1) is 10.9 Å². The number of hydrogen-bond donors (Lipinski definition) is 0. The summed E-state index contributed by atoms with van der Waals surface area (Å²) in [7, 11) is 0. The molecule has 19 heavy (non-hydrogen) atoms. The Bertz CT molecular complexity index is 587. The van der Waals surface area contributed by atoms with E-state index in [1.165, 1.54) is 12.8 Å². The average Bonchev–Trinajstić information content (AvgIpc) is 2.38. The van der Waals surface area contributed by atoms with Crippen LogP contribution in [0.3, 0.4) is 0 Å². The summed E-state index contributed by atoms with van der Waals surface area (Å²) >= 11 is 5.97. The van der Waals surface area contributed by atoms with Gasteiger partial charge in [0.2, 0.25) is 11.2 Å². The molecule has 1 fully saturated rings. The average molecular weight is 277 g/mol. The van der Waals surface area contributed by atoms with E-state index in [1.54, 1.807) is 0 Å². The SMILES string of the molecule is CC1CCCC(Oc2nc(Cl)nc3ccccc23)C1. The fraction of sp³-hybridized carbons (Fsp3) is 0.467. The highest BCUT2D eigenvalue weighted by molar-refractivity contribution is 6.28. The first-order valence-corrected chi connectivity index (χ1v) is 7.19. The lowest BCUT2D eigenvalue weighted by Gasteiger charge is -2.27. The molecule has 1 saturated carbocycles. The summed E-state index contributed by atoms with van der Waals surface area (Å²) in [6, 6.07) is 7.82. The summed E-state index contributed by atoms with van der Waals surface area (Å²) in [6.07, 6.45) is 4.96. The summed E-state index contributed by atoms with van der Waals surface area (Å²) in [5, 5.41) is 1.18. The summed E-state index contributed by atoms with van der Waals surface area (Å²) in [5.41, 5.74) is 0.835. The third-order valence-electron chi connectivity index (χ3n) is 3.71. The highest BCUT2D eigenvalue weighted by atomic mass is 35.5. The smallest absolute Gasteiger partial charge is 0.226 e. The van der Waals surface area contributed by atoms with Crippen LogP contribution in [0.5, 0.6) is 5.88 Å². The van der Waals surface area contributed by atoms with Gasteiger partial charge in [-0.2, -0.15) is 4.98 Å². The molecule has 2 aromatic rings. The fourth-order valence-corrected chi connectivity index (χ4v) is 2.92. The van der Waals surface area contributed by atoms with E-state index in [9.17, 15) is 0 Å². The molecule has 100 valence electrons. The predicted molar refractivity (Wildman–Crippen MR) is 76.6 cm³/mol. The standard InChI is InChI=1S/C15H17ClN2O/c1-10-5-4-6-11(9-10)19-14-12-7-2-3-8-13(12)17-15(16)18-14/h2-3,7-8,10-11H,4-6,9H2,1H3. The first-order valence-electron chi connectivity index (χ1n) is 6.81. The van der Waals surface area contributed by atoms with Gasteiger partial charge in [-0.1, -0.05) is 25.5 Å². The molecule has 1 heterocycles. The van der Waals surface area contributed by atoms with E-state index in [1.807, 2.05) is 24.3 Å². The van der Waals surface area contributed by atoms with Crippen LogP contribution in [-0.2, 0) is 0 Å². The molecule has 2 atom stereocenters. The molecule has 0 radical (unpaired) electrons. The van der Waals surface area contributed by atoms with Gasteiger partial charge < -0.3 is 4.74 Å². The summed E-state index contributed by atoms with van der Waals surface area (Å²) in [5.74, 6) is 1.34. The molecule has 1 aliphatic rings. The molecule has 4 heteroatoms.